The molecular formula is C15H26N2O3S. The highest BCUT2D eigenvalue weighted by molar-refractivity contribution is 8.00. The molecule has 0 atom stereocenters. The maximum Gasteiger partial charge on any atom is 0.314 e. The first-order chi connectivity index (χ1) is 9.99. The summed E-state index contributed by atoms with van der Waals surface area (Å²) >= 11 is 1.85. The SMILES string of the molecule is CSC1(CNC(=O)NCC2(CC(=O)O)CCC2)CCCC1. The zero-order valence-electron chi connectivity index (χ0n) is 12.7. The molecule has 0 saturated heterocycles. The Morgan fingerprint density at radius 2 is 1.67 bits per heavy atom. The Morgan fingerprint density at radius 3 is 2.14 bits per heavy atom. The number of carboxylic acids is 1. The van der Waals surface area contributed by atoms with Crippen molar-refractivity contribution in [3.63, 3.8) is 0 Å². The number of carbonyl (C=O) groups is 2. The van der Waals surface area contributed by atoms with Crippen molar-refractivity contribution < 1.29 is 14.7 Å². The zero-order valence-corrected chi connectivity index (χ0v) is 13.6. The van der Waals surface area contributed by atoms with Crippen molar-refractivity contribution in [2.75, 3.05) is 19.3 Å². The second-order valence-electron chi connectivity index (χ2n) is 6.55. The Bertz CT molecular complexity index is 390. The lowest BCUT2D eigenvalue weighted by Gasteiger charge is -2.40. The maximum absolute atomic E-state index is 12.0. The summed E-state index contributed by atoms with van der Waals surface area (Å²) in [5, 5.41) is 14.8. The smallest absolute Gasteiger partial charge is 0.314 e. The van der Waals surface area contributed by atoms with Crippen molar-refractivity contribution in [2.45, 2.75) is 56.1 Å². The van der Waals surface area contributed by atoms with Crippen molar-refractivity contribution in [1.82, 2.24) is 10.6 Å². The monoisotopic (exact) mass is 314 g/mol. The van der Waals surface area contributed by atoms with Gasteiger partial charge in [-0.25, -0.2) is 4.79 Å². The third kappa shape index (κ3) is 4.28. The lowest BCUT2D eigenvalue weighted by atomic mass is 9.66. The van der Waals surface area contributed by atoms with Crippen LogP contribution < -0.4 is 10.6 Å². The van der Waals surface area contributed by atoms with Gasteiger partial charge in [0.2, 0.25) is 0 Å². The van der Waals surface area contributed by atoms with Gasteiger partial charge in [-0.05, 0) is 37.4 Å². The number of nitrogens with one attached hydrogen (secondary N) is 2. The van der Waals surface area contributed by atoms with Gasteiger partial charge in [-0.2, -0.15) is 11.8 Å². The summed E-state index contributed by atoms with van der Waals surface area (Å²) in [4.78, 5) is 22.9. The molecule has 2 rings (SSSR count). The highest BCUT2D eigenvalue weighted by Gasteiger charge is 2.39. The van der Waals surface area contributed by atoms with Gasteiger partial charge in [0.1, 0.15) is 0 Å². The maximum atomic E-state index is 12.0. The molecule has 6 heteroatoms. The van der Waals surface area contributed by atoms with E-state index in [2.05, 4.69) is 16.9 Å². The van der Waals surface area contributed by atoms with Gasteiger partial charge >= 0.3 is 12.0 Å². The third-order valence-corrected chi connectivity index (χ3v) is 6.50. The van der Waals surface area contributed by atoms with Crippen LogP contribution in [0.3, 0.4) is 0 Å². The van der Waals surface area contributed by atoms with Crippen LogP contribution in [0.4, 0.5) is 4.79 Å². The van der Waals surface area contributed by atoms with Crippen molar-refractivity contribution in [2.24, 2.45) is 5.41 Å². The summed E-state index contributed by atoms with van der Waals surface area (Å²) in [6.45, 7) is 1.17. The lowest BCUT2D eigenvalue weighted by molar-refractivity contribution is -0.141. The van der Waals surface area contributed by atoms with Crippen LogP contribution in [0.2, 0.25) is 0 Å². The van der Waals surface area contributed by atoms with E-state index in [4.69, 9.17) is 5.11 Å². The van der Waals surface area contributed by atoms with Crippen LogP contribution >= 0.6 is 11.8 Å². The largest absolute Gasteiger partial charge is 0.481 e. The summed E-state index contributed by atoms with van der Waals surface area (Å²) in [5.41, 5.74) is -0.215. The molecule has 2 amide bonds. The molecule has 2 aliphatic rings. The van der Waals surface area contributed by atoms with Crippen LogP contribution in [0.1, 0.15) is 51.4 Å². The number of rotatable bonds is 7. The second-order valence-corrected chi connectivity index (χ2v) is 7.83. The normalized spacial score (nSPS) is 22.3. The van der Waals surface area contributed by atoms with E-state index in [1.807, 2.05) is 11.8 Å². The number of hydrogen-bond donors (Lipinski definition) is 3. The van der Waals surface area contributed by atoms with Crippen molar-refractivity contribution in [3.05, 3.63) is 0 Å². The number of amides is 2. The van der Waals surface area contributed by atoms with Gasteiger partial charge in [-0.1, -0.05) is 19.3 Å². The molecule has 0 aromatic carbocycles. The molecule has 21 heavy (non-hydrogen) atoms. The van der Waals surface area contributed by atoms with Gasteiger partial charge in [0.05, 0.1) is 6.42 Å². The van der Waals surface area contributed by atoms with Crippen LogP contribution in [-0.2, 0) is 4.79 Å². The van der Waals surface area contributed by atoms with Gasteiger partial charge in [-0.3, -0.25) is 4.79 Å². The summed E-state index contributed by atoms with van der Waals surface area (Å²) in [6.07, 6.45) is 9.94. The fourth-order valence-electron chi connectivity index (χ4n) is 3.46. The summed E-state index contributed by atoms with van der Waals surface area (Å²) in [7, 11) is 0. The minimum Gasteiger partial charge on any atom is -0.481 e. The van der Waals surface area contributed by atoms with E-state index in [-0.39, 0.29) is 22.6 Å². The first-order valence-corrected chi connectivity index (χ1v) is 9.00. The molecule has 0 unspecified atom stereocenters. The molecule has 0 radical (unpaired) electrons. The number of thioether (sulfide) groups is 1. The molecule has 2 fully saturated rings. The molecule has 2 saturated carbocycles. The summed E-state index contributed by atoms with van der Waals surface area (Å²) in [5.74, 6) is -0.774. The molecule has 0 aliphatic heterocycles. The van der Waals surface area contributed by atoms with Crippen LogP contribution in [0.5, 0.6) is 0 Å². The predicted molar refractivity (Wildman–Crippen MR) is 84.7 cm³/mol. The number of aliphatic carboxylic acids is 1. The average Bonchev–Trinajstić information content (AvgIpc) is 2.88. The van der Waals surface area contributed by atoms with Crippen LogP contribution in [-0.4, -0.2) is 41.2 Å². The van der Waals surface area contributed by atoms with Crippen molar-refractivity contribution in [1.29, 1.82) is 0 Å². The summed E-state index contributed by atoms with van der Waals surface area (Å²) in [6, 6.07) is -0.160. The van der Waals surface area contributed by atoms with E-state index < -0.39 is 5.97 Å². The van der Waals surface area contributed by atoms with Gasteiger partial charge < -0.3 is 15.7 Å². The number of hydrogen-bond acceptors (Lipinski definition) is 3. The molecule has 0 aromatic heterocycles. The van der Waals surface area contributed by atoms with E-state index in [0.29, 0.717) is 13.1 Å². The quantitative estimate of drug-likeness (QED) is 0.675. The number of urea groups is 1. The Balaban J connectivity index is 1.73. The van der Waals surface area contributed by atoms with Crippen molar-refractivity contribution in [3.8, 4) is 0 Å². The molecule has 120 valence electrons. The van der Waals surface area contributed by atoms with E-state index >= 15 is 0 Å². The van der Waals surface area contributed by atoms with Gasteiger partial charge in [0, 0.05) is 17.8 Å². The Kier molecular flexibility index (Phi) is 5.41. The molecule has 5 nitrogen and oxygen atoms in total. The highest BCUT2D eigenvalue weighted by atomic mass is 32.2. The summed E-state index contributed by atoms with van der Waals surface area (Å²) < 4.78 is 0.201. The molecule has 2 aliphatic carbocycles. The van der Waals surface area contributed by atoms with Crippen LogP contribution in [0, 0.1) is 5.41 Å². The topological polar surface area (TPSA) is 78.4 Å². The molecule has 0 spiro atoms. The average molecular weight is 314 g/mol. The van der Waals surface area contributed by atoms with E-state index in [1.165, 1.54) is 12.8 Å². The first kappa shape index (κ1) is 16.5. The lowest BCUT2D eigenvalue weighted by Crippen LogP contribution is -2.49. The highest BCUT2D eigenvalue weighted by Crippen LogP contribution is 2.43. The molecular weight excluding hydrogens is 288 g/mol. The fraction of sp³-hybridized carbons (Fsp3) is 0.867. The molecule has 0 aromatic rings. The Hall–Kier alpha value is -0.910. The minimum absolute atomic E-state index is 0.155. The van der Waals surface area contributed by atoms with Crippen LogP contribution in [0.15, 0.2) is 0 Å². The fourth-order valence-corrected chi connectivity index (χ4v) is 4.37. The van der Waals surface area contributed by atoms with Crippen LogP contribution in [0.25, 0.3) is 0 Å². The van der Waals surface area contributed by atoms with Gasteiger partial charge in [0.25, 0.3) is 0 Å². The third-order valence-electron chi connectivity index (χ3n) is 5.08. The standard InChI is InChI=1S/C15H26N2O3S/c1-21-15(7-2-3-8-15)11-17-13(20)16-10-14(5-4-6-14)9-12(18)19/h2-11H2,1H3,(H,18,19)(H2,16,17,20). The molecule has 0 bridgehead atoms. The van der Waals surface area contributed by atoms with E-state index in [9.17, 15) is 9.59 Å². The number of carbonyl (C=O) groups excluding carboxylic acids is 1. The number of carboxylic acid groups (broad SMARTS) is 1. The van der Waals surface area contributed by atoms with E-state index in [1.54, 1.807) is 0 Å². The second kappa shape index (κ2) is 6.90. The van der Waals surface area contributed by atoms with E-state index in [0.717, 1.165) is 32.1 Å². The zero-order chi connectivity index (χ0) is 15.3. The predicted octanol–water partition coefficient (Wildman–Crippen LogP) is 2.61. The first-order valence-electron chi connectivity index (χ1n) is 7.78. The minimum atomic E-state index is -0.774. The Labute approximate surface area is 130 Å². The Morgan fingerprint density at radius 1 is 1.05 bits per heavy atom. The van der Waals surface area contributed by atoms with Crippen molar-refractivity contribution >= 4 is 23.8 Å². The molecule has 0 heterocycles. The van der Waals surface area contributed by atoms with Gasteiger partial charge in [0.15, 0.2) is 0 Å². The molecule has 3 N–H and O–H groups in total. The van der Waals surface area contributed by atoms with Gasteiger partial charge in [-0.15, -0.1) is 0 Å².